The maximum absolute atomic E-state index is 14.5. The Morgan fingerprint density at radius 3 is 2.42 bits per heavy atom. The minimum absolute atomic E-state index is 0.173. The third kappa shape index (κ3) is 3.66. The average molecular weight is 332 g/mol. The molecule has 2 aromatic carbocycles. The molecule has 0 heterocycles. The first kappa shape index (κ1) is 17.1. The van der Waals surface area contributed by atoms with Crippen LogP contribution >= 0.6 is 0 Å². The van der Waals surface area contributed by atoms with Crippen molar-refractivity contribution < 1.29 is 13.2 Å². The monoisotopic (exact) mass is 332 g/mol. The van der Waals surface area contributed by atoms with E-state index in [-0.39, 0.29) is 17.3 Å². The highest BCUT2D eigenvalue weighted by Gasteiger charge is 2.26. The average Bonchev–Trinajstić information content (AvgIpc) is 2.54. The summed E-state index contributed by atoms with van der Waals surface area (Å²) in [6.45, 7) is 2.11. The Labute approximate surface area is 141 Å². The highest BCUT2D eigenvalue weighted by molar-refractivity contribution is 5.36. The standard InChI is InChI=1S/C21H23F3/c1-2-3-4-5-14-10-19(23)21(20(24)11-14)17-7-6-16-13-18(22)9-8-15(16)12-17/h8-11,13,17H,2-7,12H2,1H3. The molecule has 1 aliphatic carbocycles. The van der Waals surface area contributed by atoms with Crippen molar-refractivity contribution in [2.75, 3.05) is 0 Å². The Hall–Kier alpha value is -1.77. The van der Waals surface area contributed by atoms with Crippen LogP contribution in [0.25, 0.3) is 0 Å². The molecule has 0 N–H and O–H groups in total. The van der Waals surface area contributed by atoms with Crippen LogP contribution in [0, 0.1) is 17.5 Å². The molecular weight excluding hydrogens is 309 g/mol. The van der Waals surface area contributed by atoms with E-state index in [0.29, 0.717) is 19.3 Å². The van der Waals surface area contributed by atoms with Gasteiger partial charge >= 0.3 is 0 Å². The van der Waals surface area contributed by atoms with Gasteiger partial charge in [-0.3, -0.25) is 0 Å². The van der Waals surface area contributed by atoms with Crippen molar-refractivity contribution in [3.63, 3.8) is 0 Å². The van der Waals surface area contributed by atoms with Gasteiger partial charge in [-0.2, -0.15) is 0 Å². The van der Waals surface area contributed by atoms with E-state index in [0.717, 1.165) is 42.4 Å². The smallest absolute Gasteiger partial charge is 0.129 e. The van der Waals surface area contributed by atoms with Crippen molar-refractivity contribution in [1.82, 2.24) is 0 Å². The molecule has 1 aliphatic rings. The molecule has 0 aliphatic heterocycles. The topological polar surface area (TPSA) is 0 Å². The minimum Gasteiger partial charge on any atom is -0.207 e. The highest BCUT2D eigenvalue weighted by Crippen LogP contribution is 2.36. The summed E-state index contributed by atoms with van der Waals surface area (Å²) in [5.41, 5.74) is 2.89. The Morgan fingerprint density at radius 1 is 0.958 bits per heavy atom. The van der Waals surface area contributed by atoms with Gasteiger partial charge in [0.05, 0.1) is 0 Å². The fourth-order valence-corrected chi connectivity index (χ4v) is 3.72. The molecule has 0 bridgehead atoms. The Kier molecular flexibility index (Phi) is 5.27. The molecule has 0 saturated carbocycles. The molecule has 0 spiro atoms. The van der Waals surface area contributed by atoms with Crippen molar-refractivity contribution in [2.24, 2.45) is 0 Å². The van der Waals surface area contributed by atoms with Gasteiger partial charge in [0, 0.05) is 5.56 Å². The minimum atomic E-state index is -0.433. The van der Waals surface area contributed by atoms with Crippen LogP contribution in [0.15, 0.2) is 30.3 Å². The van der Waals surface area contributed by atoms with Crippen LogP contribution in [0.1, 0.15) is 60.8 Å². The van der Waals surface area contributed by atoms with E-state index in [1.165, 1.54) is 24.3 Å². The maximum atomic E-state index is 14.5. The van der Waals surface area contributed by atoms with E-state index in [1.54, 1.807) is 6.07 Å². The second kappa shape index (κ2) is 7.42. The molecular formula is C21H23F3. The summed E-state index contributed by atoms with van der Waals surface area (Å²) in [5.74, 6) is -1.29. The highest BCUT2D eigenvalue weighted by atomic mass is 19.1. The summed E-state index contributed by atoms with van der Waals surface area (Å²) in [6.07, 6.45) is 5.71. The first-order valence-corrected chi connectivity index (χ1v) is 8.83. The summed E-state index contributed by atoms with van der Waals surface area (Å²) in [4.78, 5) is 0. The quantitative estimate of drug-likeness (QED) is 0.580. The summed E-state index contributed by atoms with van der Waals surface area (Å²) in [5, 5.41) is 0. The molecule has 0 radical (unpaired) electrons. The number of halogens is 3. The van der Waals surface area contributed by atoms with Crippen molar-refractivity contribution in [3.05, 3.63) is 70.0 Å². The number of aryl methyl sites for hydroxylation is 2. The van der Waals surface area contributed by atoms with Crippen molar-refractivity contribution in [2.45, 2.75) is 57.8 Å². The number of benzene rings is 2. The SMILES string of the molecule is CCCCCc1cc(F)c(C2CCc3cc(F)ccc3C2)c(F)c1. The van der Waals surface area contributed by atoms with Gasteiger partial charge in [0.1, 0.15) is 17.5 Å². The van der Waals surface area contributed by atoms with Crippen molar-refractivity contribution >= 4 is 0 Å². The molecule has 24 heavy (non-hydrogen) atoms. The predicted molar refractivity (Wildman–Crippen MR) is 90.8 cm³/mol. The lowest BCUT2D eigenvalue weighted by Gasteiger charge is -2.26. The summed E-state index contributed by atoms with van der Waals surface area (Å²) in [7, 11) is 0. The summed E-state index contributed by atoms with van der Waals surface area (Å²) >= 11 is 0. The Morgan fingerprint density at radius 2 is 1.71 bits per heavy atom. The Bertz CT molecular complexity index is 698. The van der Waals surface area contributed by atoms with Gasteiger partial charge in [-0.15, -0.1) is 0 Å². The van der Waals surface area contributed by atoms with Crippen LogP contribution in [-0.2, 0) is 19.3 Å². The number of hydrogen-bond acceptors (Lipinski definition) is 0. The zero-order chi connectivity index (χ0) is 17.1. The van der Waals surface area contributed by atoms with Crippen LogP contribution in [0.4, 0.5) is 13.2 Å². The lowest BCUT2D eigenvalue weighted by molar-refractivity contribution is 0.488. The molecule has 0 nitrogen and oxygen atoms in total. The van der Waals surface area contributed by atoms with E-state index in [1.807, 2.05) is 0 Å². The lowest BCUT2D eigenvalue weighted by atomic mass is 9.79. The zero-order valence-corrected chi connectivity index (χ0v) is 14.0. The van der Waals surface area contributed by atoms with Gasteiger partial charge in [-0.25, -0.2) is 13.2 Å². The molecule has 1 unspecified atom stereocenters. The Balaban J connectivity index is 1.81. The summed E-state index contributed by atoms with van der Waals surface area (Å²) < 4.78 is 42.4. The van der Waals surface area contributed by atoms with E-state index in [2.05, 4.69) is 6.92 Å². The third-order valence-electron chi connectivity index (χ3n) is 5.01. The van der Waals surface area contributed by atoms with Gasteiger partial charge in [0.25, 0.3) is 0 Å². The lowest BCUT2D eigenvalue weighted by Crippen LogP contribution is -2.16. The molecule has 3 heteroatoms. The number of unbranched alkanes of at least 4 members (excludes halogenated alkanes) is 2. The van der Waals surface area contributed by atoms with E-state index < -0.39 is 11.6 Å². The molecule has 0 amide bonds. The maximum Gasteiger partial charge on any atom is 0.129 e. The summed E-state index contributed by atoms with van der Waals surface area (Å²) in [6, 6.07) is 7.69. The molecule has 0 aromatic heterocycles. The largest absolute Gasteiger partial charge is 0.207 e. The first-order valence-electron chi connectivity index (χ1n) is 8.83. The molecule has 128 valence electrons. The first-order chi connectivity index (χ1) is 11.6. The normalized spacial score (nSPS) is 16.9. The van der Waals surface area contributed by atoms with E-state index in [4.69, 9.17) is 0 Å². The fourth-order valence-electron chi connectivity index (χ4n) is 3.72. The number of hydrogen-bond donors (Lipinski definition) is 0. The van der Waals surface area contributed by atoms with Crippen LogP contribution in [0.3, 0.4) is 0 Å². The van der Waals surface area contributed by atoms with Crippen LogP contribution in [0.5, 0.6) is 0 Å². The van der Waals surface area contributed by atoms with Crippen LogP contribution in [-0.4, -0.2) is 0 Å². The number of rotatable bonds is 5. The van der Waals surface area contributed by atoms with Gasteiger partial charge in [-0.1, -0.05) is 25.8 Å². The molecule has 3 rings (SSSR count). The van der Waals surface area contributed by atoms with Gasteiger partial charge < -0.3 is 0 Å². The third-order valence-corrected chi connectivity index (χ3v) is 5.01. The van der Waals surface area contributed by atoms with Crippen molar-refractivity contribution in [1.29, 1.82) is 0 Å². The molecule has 1 atom stereocenters. The van der Waals surface area contributed by atoms with Gasteiger partial charge in [0.15, 0.2) is 0 Å². The zero-order valence-electron chi connectivity index (χ0n) is 14.0. The second-order valence-electron chi connectivity index (χ2n) is 6.78. The van der Waals surface area contributed by atoms with Crippen LogP contribution < -0.4 is 0 Å². The van der Waals surface area contributed by atoms with E-state index in [9.17, 15) is 13.2 Å². The molecule has 2 aromatic rings. The van der Waals surface area contributed by atoms with E-state index >= 15 is 0 Å². The van der Waals surface area contributed by atoms with Crippen molar-refractivity contribution in [3.8, 4) is 0 Å². The molecule has 0 fully saturated rings. The predicted octanol–water partition coefficient (Wildman–Crippen LogP) is 6.11. The number of fused-ring (bicyclic) bond motifs is 1. The fraction of sp³-hybridized carbons (Fsp3) is 0.429. The second-order valence-corrected chi connectivity index (χ2v) is 6.78. The van der Waals surface area contributed by atoms with Gasteiger partial charge in [-0.05, 0) is 79.0 Å². The molecule has 0 saturated heterocycles. The van der Waals surface area contributed by atoms with Crippen LogP contribution in [0.2, 0.25) is 0 Å². The van der Waals surface area contributed by atoms with Gasteiger partial charge in [0.2, 0.25) is 0 Å².